The van der Waals surface area contributed by atoms with Gasteiger partial charge >= 0.3 is 0 Å². The van der Waals surface area contributed by atoms with Gasteiger partial charge in [0.25, 0.3) is 5.91 Å². The molecule has 1 aliphatic rings. The first-order chi connectivity index (χ1) is 11.7. The Hall–Kier alpha value is -2.49. The van der Waals surface area contributed by atoms with E-state index >= 15 is 0 Å². The van der Waals surface area contributed by atoms with E-state index in [0.717, 1.165) is 48.5 Å². The number of ether oxygens (including phenoxy) is 1. The zero-order valence-corrected chi connectivity index (χ0v) is 14.3. The fourth-order valence-electron chi connectivity index (χ4n) is 3.24. The van der Waals surface area contributed by atoms with E-state index in [1.54, 1.807) is 7.11 Å². The van der Waals surface area contributed by atoms with Crippen molar-refractivity contribution in [1.82, 2.24) is 4.90 Å². The van der Waals surface area contributed by atoms with Gasteiger partial charge in [-0.3, -0.25) is 4.79 Å². The Morgan fingerprint density at radius 3 is 2.71 bits per heavy atom. The molecule has 1 amide bonds. The van der Waals surface area contributed by atoms with Crippen LogP contribution in [0.5, 0.6) is 5.75 Å². The second-order valence-electron chi connectivity index (χ2n) is 6.29. The fourth-order valence-corrected chi connectivity index (χ4v) is 3.24. The maximum atomic E-state index is 12.8. The third kappa shape index (κ3) is 3.70. The first kappa shape index (κ1) is 16.4. The third-order valence-electron chi connectivity index (χ3n) is 4.49. The molecule has 1 unspecified atom stereocenters. The Bertz CT molecular complexity index is 700. The van der Waals surface area contributed by atoms with Gasteiger partial charge in [-0.25, -0.2) is 0 Å². The van der Waals surface area contributed by atoms with Crippen LogP contribution in [0.2, 0.25) is 0 Å². The molecule has 1 heterocycles. The molecule has 2 aromatic rings. The van der Waals surface area contributed by atoms with Gasteiger partial charge in [-0.05, 0) is 55.7 Å². The van der Waals surface area contributed by atoms with Crippen LogP contribution in [0, 0.1) is 6.92 Å². The number of hydrogen-bond acceptors (Lipinski definition) is 3. The summed E-state index contributed by atoms with van der Waals surface area (Å²) in [6, 6.07) is 16.1. The molecule has 4 heteroatoms. The zero-order valence-electron chi connectivity index (χ0n) is 14.3. The average molecular weight is 324 g/mol. The molecular weight excluding hydrogens is 300 g/mol. The molecule has 0 bridgehead atoms. The highest BCUT2D eigenvalue weighted by Crippen LogP contribution is 2.22. The lowest BCUT2D eigenvalue weighted by Gasteiger charge is -2.34. The standard InChI is InChI=1S/C20H24N2O2/c1-15-13-16(10-11-19(15)24-2)20(23)22-12-6-9-18(14-22)21-17-7-4-3-5-8-17/h3-5,7-8,10-11,13,18,21H,6,9,12,14H2,1-2H3. The molecule has 1 N–H and O–H groups in total. The summed E-state index contributed by atoms with van der Waals surface area (Å²) in [6.45, 7) is 3.52. The Morgan fingerprint density at radius 2 is 2.00 bits per heavy atom. The van der Waals surface area contributed by atoms with Crippen molar-refractivity contribution in [3.63, 3.8) is 0 Å². The lowest BCUT2D eigenvalue weighted by molar-refractivity contribution is 0.0714. The first-order valence-corrected chi connectivity index (χ1v) is 8.43. The molecule has 24 heavy (non-hydrogen) atoms. The van der Waals surface area contributed by atoms with Crippen molar-refractivity contribution in [2.24, 2.45) is 0 Å². The third-order valence-corrected chi connectivity index (χ3v) is 4.49. The summed E-state index contributed by atoms with van der Waals surface area (Å²) in [5.74, 6) is 0.911. The molecule has 1 atom stereocenters. The molecule has 4 nitrogen and oxygen atoms in total. The number of piperidine rings is 1. The van der Waals surface area contributed by atoms with Crippen LogP contribution in [0.4, 0.5) is 5.69 Å². The molecule has 1 fully saturated rings. The van der Waals surface area contributed by atoms with E-state index in [1.165, 1.54) is 0 Å². The highest BCUT2D eigenvalue weighted by atomic mass is 16.5. The summed E-state index contributed by atoms with van der Waals surface area (Å²) in [4.78, 5) is 14.8. The summed E-state index contributed by atoms with van der Waals surface area (Å²) >= 11 is 0. The minimum atomic E-state index is 0.0975. The Balaban J connectivity index is 1.67. The highest BCUT2D eigenvalue weighted by molar-refractivity contribution is 5.94. The van der Waals surface area contributed by atoms with Gasteiger partial charge in [0.15, 0.2) is 0 Å². The molecule has 0 saturated carbocycles. The maximum absolute atomic E-state index is 12.8. The largest absolute Gasteiger partial charge is 0.496 e. The monoisotopic (exact) mass is 324 g/mol. The molecule has 1 aliphatic heterocycles. The quantitative estimate of drug-likeness (QED) is 0.932. The maximum Gasteiger partial charge on any atom is 0.253 e. The molecule has 0 aliphatic carbocycles. The Labute approximate surface area is 143 Å². The number of carbonyl (C=O) groups excluding carboxylic acids is 1. The summed E-state index contributed by atoms with van der Waals surface area (Å²) in [7, 11) is 1.65. The van der Waals surface area contributed by atoms with Gasteiger partial charge in [-0.1, -0.05) is 18.2 Å². The van der Waals surface area contributed by atoms with E-state index in [0.29, 0.717) is 6.04 Å². The minimum Gasteiger partial charge on any atom is -0.496 e. The topological polar surface area (TPSA) is 41.6 Å². The van der Waals surface area contributed by atoms with Gasteiger partial charge in [0, 0.05) is 30.4 Å². The van der Waals surface area contributed by atoms with Gasteiger partial charge in [0.1, 0.15) is 5.75 Å². The number of para-hydroxylation sites is 1. The van der Waals surface area contributed by atoms with Crippen molar-refractivity contribution in [3.05, 3.63) is 59.7 Å². The summed E-state index contributed by atoms with van der Waals surface area (Å²) in [5.41, 5.74) is 2.82. The normalized spacial score (nSPS) is 17.4. The minimum absolute atomic E-state index is 0.0975. The van der Waals surface area contributed by atoms with Crippen LogP contribution in [0.15, 0.2) is 48.5 Å². The smallest absolute Gasteiger partial charge is 0.253 e. The number of hydrogen-bond donors (Lipinski definition) is 1. The number of carbonyl (C=O) groups is 1. The zero-order chi connectivity index (χ0) is 16.9. The molecule has 2 aromatic carbocycles. The Morgan fingerprint density at radius 1 is 1.21 bits per heavy atom. The van der Waals surface area contributed by atoms with Gasteiger partial charge in [0.2, 0.25) is 0 Å². The lowest BCUT2D eigenvalue weighted by atomic mass is 10.0. The van der Waals surface area contributed by atoms with Crippen molar-refractivity contribution in [1.29, 1.82) is 0 Å². The van der Waals surface area contributed by atoms with Crippen LogP contribution < -0.4 is 10.1 Å². The second-order valence-corrected chi connectivity index (χ2v) is 6.29. The van der Waals surface area contributed by atoms with E-state index in [1.807, 2.05) is 48.2 Å². The van der Waals surface area contributed by atoms with E-state index in [4.69, 9.17) is 4.74 Å². The van der Waals surface area contributed by atoms with Crippen LogP contribution in [-0.4, -0.2) is 37.0 Å². The number of amides is 1. The number of benzene rings is 2. The van der Waals surface area contributed by atoms with Crippen molar-refractivity contribution in [3.8, 4) is 5.75 Å². The second kappa shape index (κ2) is 7.39. The summed E-state index contributed by atoms with van der Waals surface area (Å²) < 4.78 is 5.27. The summed E-state index contributed by atoms with van der Waals surface area (Å²) in [5, 5.41) is 3.53. The van der Waals surface area contributed by atoms with Crippen LogP contribution in [-0.2, 0) is 0 Å². The van der Waals surface area contributed by atoms with Crippen LogP contribution in [0.25, 0.3) is 0 Å². The summed E-state index contributed by atoms with van der Waals surface area (Å²) in [6.07, 6.45) is 2.10. The van der Waals surface area contributed by atoms with Crippen molar-refractivity contribution < 1.29 is 9.53 Å². The number of nitrogens with one attached hydrogen (secondary N) is 1. The molecular formula is C20H24N2O2. The van der Waals surface area contributed by atoms with E-state index < -0.39 is 0 Å². The van der Waals surface area contributed by atoms with Crippen LogP contribution >= 0.6 is 0 Å². The molecule has 126 valence electrons. The molecule has 0 aromatic heterocycles. The van der Waals surface area contributed by atoms with E-state index in [-0.39, 0.29) is 5.91 Å². The van der Waals surface area contributed by atoms with Gasteiger partial charge in [0.05, 0.1) is 7.11 Å². The SMILES string of the molecule is COc1ccc(C(=O)N2CCCC(Nc3ccccc3)C2)cc1C. The van der Waals surface area contributed by atoms with E-state index in [2.05, 4.69) is 17.4 Å². The van der Waals surface area contributed by atoms with Gasteiger partial charge in [-0.15, -0.1) is 0 Å². The van der Waals surface area contributed by atoms with Crippen molar-refractivity contribution >= 4 is 11.6 Å². The van der Waals surface area contributed by atoms with Crippen LogP contribution in [0.3, 0.4) is 0 Å². The van der Waals surface area contributed by atoms with Gasteiger partial charge < -0.3 is 15.0 Å². The predicted octanol–water partition coefficient (Wildman–Crippen LogP) is 3.72. The number of aryl methyl sites for hydroxylation is 1. The number of methoxy groups -OCH3 is 1. The lowest BCUT2D eigenvalue weighted by Crippen LogP contribution is -2.45. The van der Waals surface area contributed by atoms with Crippen molar-refractivity contribution in [2.45, 2.75) is 25.8 Å². The molecule has 3 rings (SSSR count). The number of anilines is 1. The van der Waals surface area contributed by atoms with E-state index in [9.17, 15) is 4.79 Å². The van der Waals surface area contributed by atoms with Crippen LogP contribution in [0.1, 0.15) is 28.8 Å². The van der Waals surface area contributed by atoms with Gasteiger partial charge in [-0.2, -0.15) is 0 Å². The number of likely N-dealkylation sites (tertiary alicyclic amines) is 1. The predicted molar refractivity (Wildman–Crippen MR) is 96.7 cm³/mol. The molecule has 1 saturated heterocycles. The Kier molecular flexibility index (Phi) is 5.04. The molecule has 0 spiro atoms. The number of rotatable bonds is 4. The number of nitrogens with zero attached hydrogens (tertiary/aromatic N) is 1. The van der Waals surface area contributed by atoms with Crippen molar-refractivity contribution in [2.75, 3.05) is 25.5 Å². The first-order valence-electron chi connectivity index (χ1n) is 8.43. The average Bonchev–Trinajstić information content (AvgIpc) is 2.62. The molecule has 0 radical (unpaired) electrons. The highest BCUT2D eigenvalue weighted by Gasteiger charge is 2.24. The fraction of sp³-hybridized carbons (Fsp3) is 0.350.